The van der Waals surface area contributed by atoms with Crippen molar-refractivity contribution < 1.29 is 13.9 Å². The van der Waals surface area contributed by atoms with Crippen molar-refractivity contribution in [3.8, 4) is 34.0 Å². The van der Waals surface area contributed by atoms with Gasteiger partial charge in [-0.1, -0.05) is 90.2 Å². The van der Waals surface area contributed by atoms with E-state index < -0.39 is 6.17 Å². The maximum absolute atomic E-state index is 14.2. The van der Waals surface area contributed by atoms with Crippen LogP contribution in [-0.2, 0) is 0 Å². The van der Waals surface area contributed by atoms with Gasteiger partial charge >= 0.3 is 0 Å². The highest BCUT2D eigenvalue weighted by Crippen LogP contribution is 2.24. The van der Waals surface area contributed by atoms with Crippen LogP contribution in [-0.4, -0.2) is 29.4 Å². The molecule has 1 heterocycles. The minimum Gasteiger partial charge on any atom is -0.494 e. The topological polar surface area (TPSA) is 44.2 Å². The maximum atomic E-state index is 14.2. The summed E-state index contributed by atoms with van der Waals surface area (Å²) in [5.41, 5.74) is 2.90. The Hall–Kier alpha value is -2.95. The number of halogens is 1. The van der Waals surface area contributed by atoms with Gasteiger partial charge in [-0.2, -0.15) is 0 Å². The second kappa shape index (κ2) is 17.5. The summed E-state index contributed by atoms with van der Waals surface area (Å²) in [5.74, 6) is 2.20. The van der Waals surface area contributed by atoms with Crippen LogP contribution < -0.4 is 9.47 Å². The number of benzene rings is 2. The lowest BCUT2D eigenvalue weighted by Crippen LogP contribution is -2.12. The molecule has 38 heavy (non-hydrogen) atoms. The van der Waals surface area contributed by atoms with E-state index in [1.54, 1.807) is 0 Å². The zero-order chi connectivity index (χ0) is 26.8. The van der Waals surface area contributed by atoms with E-state index in [0.717, 1.165) is 48.3 Å². The second-order valence-corrected chi connectivity index (χ2v) is 10.1. The van der Waals surface area contributed by atoms with Gasteiger partial charge in [0, 0.05) is 23.5 Å². The van der Waals surface area contributed by atoms with E-state index in [1.807, 2.05) is 60.9 Å². The monoisotopic (exact) mass is 520 g/mol. The molecule has 0 aliphatic rings. The van der Waals surface area contributed by atoms with Crippen molar-refractivity contribution in [2.45, 2.75) is 97.1 Å². The first-order valence-corrected chi connectivity index (χ1v) is 14.6. The minimum absolute atomic E-state index is 0.101. The molecule has 5 heteroatoms. The van der Waals surface area contributed by atoms with E-state index in [4.69, 9.17) is 9.47 Å². The maximum Gasteiger partial charge on any atom is 0.159 e. The number of alkyl halides is 1. The van der Waals surface area contributed by atoms with Crippen LogP contribution >= 0.6 is 0 Å². The fourth-order valence-electron chi connectivity index (χ4n) is 4.38. The summed E-state index contributed by atoms with van der Waals surface area (Å²) in [7, 11) is 0. The van der Waals surface area contributed by atoms with Crippen LogP contribution in [0.2, 0.25) is 0 Å². The number of nitrogens with zero attached hydrogens (tertiary/aromatic N) is 2. The fraction of sp³-hybridized carbons (Fsp3) is 0.515. The molecule has 2 aromatic carbocycles. The largest absolute Gasteiger partial charge is 0.494 e. The van der Waals surface area contributed by atoms with Crippen molar-refractivity contribution in [1.82, 2.24) is 9.97 Å². The molecule has 206 valence electrons. The van der Waals surface area contributed by atoms with Crippen molar-refractivity contribution in [1.29, 1.82) is 0 Å². The van der Waals surface area contributed by atoms with Crippen LogP contribution in [0.4, 0.5) is 4.39 Å². The van der Waals surface area contributed by atoms with Crippen LogP contribution in [0.5, 0.6) is 11.5 Å². The first-order chi connectivity index (χ1) is 18.7. The molecule has 3 rings (SSSR count). The van der Waals surface area contributed by atoms with Gasteiger partial charge in [-0.15, -0.1) is 0 Å². The van der Waals surface area contributed by atoms with E-state index in [0.29, 0.717) is 18.0 Å². The van der Waals surface area contributed by atoms with Gasteiger partial charge < -0.3 is 9.47 Å². The first kappa shape index (κ1) is 29.6. The molecule has 0 spiro atoms. The smallest absolute Gasteiger partial charge is 0.159 e. The highest BCUT2D eigenvalue weighted by molar-refractivity contribution is 5.64. The predicted octanol–water partition coefficient (Wildman–Crippen LogP) is 9.63. The normalized spacial score (nSPS) is 11.9. The molecular formula is C33H45FN2O2. The van der Waals surface area contributed by atoms with Gasteiger partial charge in [0.05, 0.1) is 6.61 Å². The molecule has 1 atom stereocenters. The lowest BCUT2D eigenvalue weighted by atomic mass is 10.1. The van der Waals surface area contributed by atoms with Crippen molar-refractivity contribution >= 4 is 0 Å². The predicted molar refractivity (Wildman–Crippen MR) is 156 cm³/mol. The highest BCUT2D eigenvalue weighted by Gasteiger charge is 2.09. The molecule has 0 bridgehead atoms. The standard InChI is InChI=1S/C33H45FN2O2/c1-3-5-7-8-9-10-11-12-14-30(34)26-38-32-21-17-28(18-22-32)33-35-24-29(25-36-33)27-15-19-31(20-16-27)37-23-13-6-4-2/h15-22,24-25,30H,3-14,23,26H2,1-2H3. The van der Waals surface area contributed by atoms with E-state index in [9.17, 15) is 4.39 Å². The number of unbranched alkanes of at least 4 members (excludes halogenated alkanes) is 9. The van der Waals surface area contributed by atoms with Crippen molar-refractivity contribution in [3.63, 3.8) is 0 Å². The molecule has 0 aliphatic heterocycles. The van der Waals surface area contributed by atoms with Crippen LogP contribution in [0.15, 0.2) is 60.9 Å². The summed E-state index contributed by atoms with van der Waals surface area (Å²) in [6, 6.07) is 15.6. The molecule has 3 aromatic rings. The Balaban J connectivity index is 1.39. The third kappa shape index (κ3) is 10.8. The van der Waals surface area contributed by atoms with Gasteiger partial charge in [-0.05, 0) is 54.8 Å². The molecular weight excluding hydrogens is 475 g/mol. The minimum atomic E-state index is -0.924. The number of aromatic nitrogens is 2. The third-order valence-electron chi connectivity index (χ3n) is 6.77. The SMILES string of the molecule is CCCCCCCCCCC(F)COc1ccc(-c2ncc(-c3ccc(OCCCCC)cc3)cn2)cc1. The van der Waals surface area contributed by atoms with Gasteiger partial charge in [0.15, 0.2) is 5.82 Å². The average molecular weight is 521 g/mol. The molecule has 1 aromatic heterocycles. The number of rotatable bonds is 19. The summed E-state index contributed by atoms with van der Waals surface area (Å²) < 4.78 is 25.7. The van der Waals surface area contributed by atoms with E-state index >= 15 is 0 Å². The van der Waals surface area contributed by atoms with E-state index in [1.165, 1.54) is 51.4 Å². The van der Waals surface area contributed by atoms with Gasteiger partial charge in [0.1, 0.15) is 24.3 Å². The molecule has 0 fully saturated rings. The van der Waals surface area contributed by atoms with Crippen molar-refractivity contribution in [3.05, 3.63) is 60.9 Å². The van der Waals surface area contributed by atoms with Gasteiger partial charge in [0.25, 0.3) is 0 Å². The Labute approximate surface area is 229 Å². The molecule has 4 nitrogen and oxygen atoms in total. The van der Waals surface area contributed by atoms with Crippen LogP contribution in [0.1, 0.15) is 90.9 Å². The van der Waals surface area contributed by atoms with Gasteiger partial charge in [-0.25, -0.2) is 14.4 Å². The van der Waals surface area contributed by atoms with Crippen molar-refractivity contribution in [2.24, 2.45) is 0 Å². The van der Waals surface area contributed by atoms with Crippen LogP contribution in [0.25, 0.3) is 22.5 Å². The average Bonchev–Trinajstić information content (AvgIpc) is 2.96. The molecule has 0 aliphatic carbocycles. The molecule has 0 N–H and O–H groups in total. The summed E-state index contributed by atoms with van der Waals surface area (Å²) in [6.45, 7) is 5.28. The van der Waals surface area contributed by atoms with Crippen LogP contribution in [0.3, 0.4) is 0 Å². The molecule has 0 saturated heterocycles. The summed E-state index contributed by atoms with van der Waals surface area (Å²) in [6.07, 6.45) is 16.5. The Kier molecular flexibility index (Phi) is 13.7. The lowest BCUT2D eigenvalue weighted by Gasteiger charge is -2.11. The number of ether oxygens (including phenoxy) is 2. The second-order valence-electron chi connectivity index (χ2n) is 10.1. The summed E-state index contributed by atoms with van der Waals surface area (Å²) in [5, 5.41) is 0. The highest BCUT2D eigenvalue weighted by atomic mass is 19.1. The number of hydrogen-bond donors (Lipinski definition) is 0. The zero-order valence-corrected chi connectivity index (χ0v) is 23.3. The molecule has 0 saturated carbocycles. The van der Waals surface area contributed by atoms with E-state index in [-0.39, 0.29) is 6.61 Å². The Morgan fingerprint density at radius 1 is 0.605 bits per heavy atom. The Morgan fingerprint density at radius 3 is 1.76 bits per heavy atom. The zero-order valence-electron chi connectivity index (χ0n) is 23.3. The first-order valence-electron chi connectivity index (χ1n) is 14.6. The summed E-state index contributed by atoms with van der Waals surface area (Å²) >= 11 is 0. The lowest BCUT2D eigenvalue weighted by molar-refractivity contribution is 0.184. The quantitative estimate of drug-likeness (QED) is 0.148. The molecule has 0 amide bonds. The Morgan fingerprint density at radius 2 is 1.13 bits per heavy atom. The molecule has 0 radical (unpaired) electrons. The fourth-order valence-corrected chi connectivity index (χ4v) is 4.38. The summed E-state index contributed by atoms with van der Waals surface area (Å²) in [4.78, 5) is 9.10. The van der Waals surface area contributed by atoms with Gasteiger partial charge in [-0.3, -0.25) is 0 Å². The van der Waals surface area contributed by atoms with Gasteiger partial charge in [0.2, 0.25) is 0 Å². The molecule has 1 unspecified atom stereocenters. The van der Waals surface area contributed by atoms with Crippen molar-refractivity contribution in [2.75, 3.05) is 13.2 Å². The van der Waals surface area contributed by atoms with Crippen LogP contribution in [0, 0.1) is 0 Å². The van der Waals surface area contributed by atoms with E-state index in [2.05, 4.69) is 23.8 Å². The number of hydrogen-bond acceptors (Lipinski definition) is 4. The Bertz CT molecular complexity index is 1010. The third-order valence-corrected chi connectivity index (χ3v) is 6.77.